The van der Waals surface area contributed by atoms with Crippen molar-refractivity contribution in [2.24, 2.45) is 0 Å². The van der Waals surface area contributed by atoms with E-state index in [9.17, 15) is 0 Å². The largest absolute Gasteiger partial charge is 0.455 e. The zero-order valence-electron chi connectivity index (χ0n) is 72.7. The summed E-state index contributed by atoms with van der Waals surface area (Å²) in [6.07, 6.45) is 0. The molecule has 7 heterocycles. The average molecular weight is 1720 g/mol. The highest BCUT2D eigenvalue weighted by atomic mass is 16.3. The molecule has 0 radical (unpaired) electrons. The number of fused-ring (bicyclic) bond motifs is 26. The smallest absolute Gasteiger partial charge is 0.144 e. The van der Waals surface area contributed by atoms with E-state index in [2.05, 4.69) is 419 Å². The van der Waals surface area contributed by atoms with Gasteiger partial charge in [-0.05, 0) is 251 Å². The van der Waals surface area contributed by atoms with Gasteiger partial charge in [-0.2, -0.15) is 0 Å². The van der Waals surface area contributed by atoms with E-state index in [1.807, 2.05) is 48.5 Å². The second-order valence-electron chi connectivity index (χ2n) is 35.9. The van der Waals surface area contributed by atoms with Gasteiger partial charge in [0.05, 0.1) is 89.0 Å². The highest BCUT2D eigenvalue weighted by molar-refractivity contribution is 6.21. The average Bonchev–Trinajstić information content (AvgIpc) is 1.70. The fraction of sp³-hybridized carbons (Fsp3) is 0. The Morgan fingerprint density at radius 3 is 1.01 bits per heavy atom. The summed E-state index contributed by atoms with van der Waals surface area (Å²) in [5.41, 5.74) is 26.4. The van der Waals surface area contributed by atoms with Gasteiger partial charge in [0.25, 0.3) is 0 Å². The maximum absolute atomic E-state index is 6.53. The molecule has 0 N–H and O–H groups in total. The third kappa shape index (κ3) is 11.7. The Morgan fingerprint density at radius 1 is 0.163 bits per heavy atom. The second kappa shape index (κ2) is 29.2. The van der Waals surface area contributed by atoms with Crippen LogP contribution < -0.4 is 0 Å². The lowest BCUT2D eigenvalue weighted by atomic mass is 9.96. The summed E-state index contributed by atoms with van der Waals surface area (Å²) in [7, 11) is 0. The molecule has 0 bridgehead atoms. The predicted octanol–water partition coefficient (Wildman–Crippen LogP) is 33.4. The van der Waals surface area contributed by atoms with Gasteiger partial charge < -0.3 is 22.7 Å². The number of para-hydroxylation sites is 10. The summed E-state index contributed by atoms with van der Waals surface area (Å²) >= 11 is 0. The van der Waals surface area contributed by atoms with Gasteiger partial charge in [0.15, 0.2) is 0 Å². The third-order valence-electron chi connectivity index (χ3n) is 28.4. The summed E-state index contributed by atoms with van der Waals surface area (Å²) in [5.74, 6) is 0. The summed E-state index contributed by atoms with van der Waals surface area (Å²) in [6.45, 7) is 0. The van der Waals surface area contributed by atoms with Crippen LogP contribution in [0.25, 0.3) is 285 Å². The fourth-order valence-corrected chi connectivity index (χ4v) is 22.1. The van der Waals surface area contributed by atoms with Crippen molar-refractivity contribution in [2.45, 2.75) is 0 Å². The lowest BCUT2D eigenvalue weighted by Gasteiger charge is -2.17. The van der Waals surface area contributed by atoms with Crippen molar-refractivity contribution >= 4 is 217 Å². The van der Waals surface area contributed by atoms with Crippen molar-refractivity contribution in [3.05, 3.63) is 449 Å². The SMILES string of the molecule is c1ccc2cc3c(cc2c1)c1ccccc1n3-c1ccc2cc3c(cc2c1)c1ccccc1n3-c1cc(-c2nc3ccccc3nc2-c2ccc3c(ccc4ccccc43)c2)cc2ccccc12.c1ccc2cc3c(cc2c1)c1ccccc1n3-c1ccc2cc3c(cc2c1)c1ccccc1n3-c1ccc2cc(-c3nc4ccccc4nc3-c3cccc4c3oc3ccccc34)ccc2c1. The minimum atomic E-state index is 0.799. The molecule has 0 aliphatic heterocycles. The van der Waals surface area contributed by atoms with Crippen molar-refractivity contribution in [3.63, 3.8) is 0 Å². The molecular weight excluding hydrogens is 1640 g/mol. The normalized spacial score (nSPS) is 12.1. The number of furan rings is 1. The van der Waals surface area contributed by atoms with Crippen molar-refractivity contribution in [2.75, 3.05) is 0 Å². The zero-order valence-corrected chi connectivity index (χ0v) is 72.7. The van der Waals surface area contributed by atoms with Crippen molar-refractivity contribution < 1.29 is 4.42 Å². The maximum atomic E-state index is 6.53. The standard InChI is InChI=1S/C64H38N4.C62H36N4O/c1-2-15-41-36-61-54(34-40(41)14-1)52-19-7-11-23-58(52)67(61)48-29-27-42-37-62-55(35-46(42)33-48)53-20-8-12-24-59(53)68(62)60-38-47(32-43-16-4-6-18-51(43)60)64-63(65-56-21-9-10-22-57(56)66-64)45-28-30-50-44(31-45)26-25-39-13-3-5-17-49(39)50;1-2-13-38-35-57-51(33-37(38)12-1)46-14-3-8-21-55(46)66(57)45-29-27-41-36-58-52(34-43(41)32-45)47-15-4-9-22-56(47)65(58)44-28-26-39-30-42(25-24-40(39)31-44)60-61(64-54-20-7-6-19-53(54)63-60)50-18-11-17-49-48-16-5-10-23-59(48)67-62(49)50/h1-38H;1-36H. The molecule has 9 nitrogen and oxygen atoms in total. The fourth-order valence-electron chi connectivity index (χ4n) is 22.1. The Kier molecular flexibility index (Phi) is 16.1. The number of hydrogen-bond acceptors (Lipinski definition) is 5. The van der Waals surface area contributed by atoms with E-state index in [4.69, 9.17) is 24.4 Å². The Hall–Kier alpha value is -18.2. The van der Waals surface area contributed by atoms with Gasteiger partial charge in [-0.1, -0.05) is 279 Å². The van der Waals surface area contributed by atoms with Crippen LogP contribution in [0.2, 0.25) is 0 Å². The van der Waals surface area contributed by atoms with E-state index in [1.165, 1.54) is 146 Å². The first-order chi connectivity index (χ1) is 66.9. The van der Waals surface area contributed by atoms with Gasteiger partial charge in [-0.3, -0.25) is 0 Å². The van der Waals surface area contributed by atoms with Crippen LogP contribution >= 0.6 is 0 Å². The van der Waals surface area contributed by atoms with Crippen LogP contribution in [0.1, 0.15) is 0 Å². The molecule has 0 saturated heterocycles. The topological polar surface area (TPSA) is 84.4 Å². The molecule has 9 heteroatoms. The van der Waals surface area contributed by atoms with Gasteiger partial charge in [0, 0.05) is 98.6 Å². The number of rotatable bonds is 8. The predicted molar refractivity (Wildman–Crippen MR) is 566 cm³/mol. The summed E-state index contributed by atoms with van der Waals surface area (Å²) in [6, 6.07) is 163. The van der Waals surface area contributed by atoms with Crippen LogP contribution in [0.3, 0.4) is 0 Å². The van der Waals surface area contributed by atoms with Gasteiger partial charge >= 0.3 is 0 Å². The zero-order chi connectivity index (χ0) is 88.2. The van der Waals surface area contributed by atoms with Crippen LogP contribution in [0.4, 0.5) is 0 Å². The highest BCUT2D eigenvalue weighted by Gasteiger charge is 2.26. The molecule has 30 rings (SSSR count). The first-order valence-electron chi connectivity index (χ1n) is 46.1. The molecule has 624 valence electrons. The van der Waals surface area contributed by atoms with E-state index in [0.717, 1.165) is 139 Å². The molecule has 0 fully saturated rings. The first-order valence-corrected chi connectivity index (χ1v) is 46.1. The van der Waals surface area contributed by atoms with Gasteiger partial charge in [0.1, 0.15) is 16.9 Å². The minimum Gasteiger partial charge on any atom is -0.455 e. The third-order valence-corrected chi connectivity index (χ3v) is 28.4. The summed E-state index contributed by atoms with van der Waals surface area (Å²) in [5, 5.41) is 31.3. The summed E-state index contributed by atoms with van der Waals surface area (Å²) in [4.78, 5) is 21.4. The Bertz CT molecular complexity index is 10400. The van der Waals surface area contributed by atoms with Crippen molar-refractivity contribution in [1.29, 1.82) is 0 Å². The van der Waals surface area contributed by atoms with Crippen LogP contribution in [-0.2, 0) is 0 Å². The molecule has 23 aromatic carbocycles. The number of nitrogens with zero attached hydrogens (tertiary/aromatic N) is 8. The van der Waals surface area contributed by atoms with E-state index in [0.29, 0.717) is 0 Å². The van der Waals surface area contributed by atoms with E-state index in [-0.39, 0.29) is 0 Å². The molecule has 7 aromatic heterocycles. The highest BCUT2D eigenvalue weighted by Crippen LogP contribution is 2.47. The quantitative estimate of drug-likeness (QED) is 0.142. The van der Waals surface area contributed by atoms with Gasteiger partial charge in [0.2, 0.25) is 0 Å². The van der Waals surface area contributed by atoms with Gasteiger partial charge in [-0.25, -0.2) is 19.9 Å². The van der Waals surface area contributed by atoms with Crippen molar-refractivity contribution in [1.82, 2.24) is 38.2 Å². The number of benzene rings is 23. The van der Waals surface area contributed by atoms with Gasteiger partial charge in [-0.15, -0.1) is 0 Å². The maximum Gasteiger partial charge on any atom is 0.144 e. The minimum absolute atomic E-state index is 0.799. The molecule has 0 unspecified atom stereocenters. The monoisotopic (exact) mass is 1710 g/mol. The lowest BCUT2D eigenvalue weighted by molar-refractivity contribution is 0.670. The molecule has 0 spiro atoms. The van der Waals surface area contributed by atoms with Crippen LogP contribution in [0.15, 0.2) is 453 Å². The Morgan fingerprint density at radius 2 is 0.481 bits per heavy atom. The number of hydrogen-bond donors (Lipinski definition) is 0. The lowest BCUT2D eigenvalue weighted by Crippen LogP contribution is -1.99. The second-order valence-corrected chi connectivity index (χ2v) is 35.9. The van der Waals surface area contributed by atoms with E-state index in [1.54, 1.807) is 0 Å². The van der Waals surface area contributed by atoms with Crippen LogP contribution in [0, 0.1) is 0 Å². The molecule has 30 aromatic rings. The van der Waals surface area contributed by atoms with Crippen LogP contribution in [0.5, 0.6) is 0 Å². The summed E-state index contributed by atoms with van der Waals surface area (Å²) < 4.78 is 16.3. The Labute approximate surface area is 771 Å². The molecule has 135 heavy (non-hydrogen) atoms. The molecule has 0 atom stereocenters. The van der Waals surface area contributed by atoms with Crippen molar-refractivity contribution in [3.8, 4) is 67.8 Å². The Balaban J connectivity index is 0.000000131. The molecule has 0 amide bonds. The first kappa shape index (κ1) is 74.7. The molecule has 0 saturated carbocycles. The molecular formula is C126H74N8O. The number of aromatic nitrogens is 8. The van der Waals surface area contributed by atoms with E-state index < -0.39 is 0 Å². The van der Waals surface area contributed by atoms with E-state index >= 15 is 0 Å². The molecule has 0 aliphatic rings. The molecule has 0 aliphatic carbocycles. The van der Waals surface area contributed by atoms with Crippen LogP contribution in [-0.4, -0.2) is 38.2 Å².